The highest BCUT2D eigenvalue weighted by Gasteiger charge is 2.21. The Kier molecular flexibility index (Phi) is 13.2. The van der Waals surface area contributed by atoms with Gasteiger partial charge in [0.2, 0.25) is 0 Å². The number of ether oxygens (including phenoxy) is 1. The molecule has 0 atom stereocenters. The molecule has 1 rings (SSSR count). The molecule has 0 bridgehead atoms. The number of piperidine rings is 1. The van der Waals surface area contributed by atoms with E-state index in [4.69, 9.17) is 4.74 Å². The van der Waals surface area contributed by atoms with Crippen LogP contribution in [0.15, 0.2) is 4.99 Å². The minimum Gasteiger partial charge on any atom is -0.381 e. The first-order valence-electron chi connectivity index (χ1n) is 8.82. The fraction of sp³-hybridized carbons (Fsp3) is 0.941. The first kappa shape index (κ1) is 22.9. The van der Waals surface area contributed by atoms with Crippen molar-refractivity contribution in [3.05, 3.63) is 0 Å². The van der Waals surface area contributed by atoms with Gasteiger partial charge in [-0.15, -0.1) is 24.0 Å². The van der Waals surface area contributed by atoms with Crippen LogP contribution in [0.25, 0.3) is 0 Å². The monoisotopic (exact) mass is 440 g/mol. The van der Waals surface area contributed by atoms with Gasteiger partial charge in [0.05, 0.1) is 0 Å². The fourth-order valence-electron chi connectivity index (χ4n) is 2.65. The van der Waals surface area contributed by atoms with E-state index in [2.05, 4.69) is 48.2 Å². The number of hydrogen-bond acceptors (Lipinski definition) is 3. The van der Waals surface area contributed by atoms with Gasteiger partial charge in [0, 0.05) is 52.0 Å². The molecule has 0 aromatic heterocycles. The van der Waals surface area contributed by atoms with E-state index < -0.39 is 0 Å². The second kappa shape index (κ2) is 13.2. The molecule has 0 saturated carbocycles. The third-order valence-corrected chi connectivity index (χ3v) is 4.03. The van der Waals surface area contributed by atoms with E-state index in [1.165, 1.54) is 25.9 Å². The second-order valence-corrected chi connectivity index (χ2v) is 6.87. The summed E-state index contributed by atoms with van der Waals surface area (Å²) in [5.74, 6) is 1.53. The maximum atomic E-state index is 5.59. The van der Waals surface area contributed by atoms with Crippen molar-refractivity contribution >= 4 is 29.9 Å². The highest BCUT2D eigenvalue weighted by atomic mass is 127. The molecular formula is C17H37IN4O. The molecule has 138 valence electrons. The van der Waals surface area contributed by atoms with Crippen molar-refractivity contribution in [3.63, 3.8) is 0 Å². The Morgan fingerprint density at radius 3 is 2.39 bits per heavy atom. The van der Waals surface area contributed by atoms with E-state index in [0.29, 0.717) is 18.0 Å². The number of rotatable bonds is 8. The van der Waals surface area contributed by atoms with Crippen molar-refractivity contribution in [2.24, 2.45) is 10.9 Å². The van der Waals surface area contributed by atoms with E-state index in [1.54, 1.807) is 0 Å². The molecule has 5 nitrogen and oxygen atoms in total. The van der Waals surface area contributed by atoms with Crippen molar-refractivity contribution in [2.45, 2.75) is 59.0 Å². The summed E-state index contributed by atoms with van der Waals surface area (Å²) in [6, 6.07) is 1.20. The van der Waals surface area contributed by atoms with Gasteiger partial charge in [-0.3, -0.25) is 4.99 Å². The number of nitrogens with one attached hydrogen (secondary N) is 2. The summed E-state index contributed by atoms with van der Waals surface area (Å²) < 4.78 is 5.59. The van der Waals surface area contributed by atoms with Crippen LogP contribution in [0.2, 0.25) is 0 Å². The topological polar surface area (TPSA) is 48.9 Å². The third-order valence-electron chi connectivity index (χ3n) is 4.03. The minimum absolute atomic E-state index is 0. The summed E-state index contributed by atoms with van der Waals surface area (Å²) in [5, 5.41) is 6.93. The van der Waals surface area contributed by atoms with Crippen molar-refractivity contribution < 1.29 is 4.74 Å². The molecule has 0 aromatic rings. The fourth-order valence-corrected chi connectivity index (χ4v) is 2.65. The molecule has 1 fully saturated rings. The standard InChI is InChI=1S/C17H36N4O.HI/c1-14(2)13-22-12-6-9-19-17(18-5)20-16-7-10-21(11-8-16)15(3)4;/h14-16H,6-13H2,1-5H3,(H2,18,19,20);1H. The zero-order chi connectivity index (χ0) is 16.4. The molecule has 0 spiro atoms. The summed E-state index contributed by atoms with van der Waals surface area (Å²) in [6.45, 7) is 13.8. The summed E-state index contributed by atoms with van der Waals surface area (Å²) in [7, 11) is 1.84. The van der Waals surface area contributed by atoms with Crippen molar-refractivity contribution in [2.75, 3.05) is 39.9 Å². The molecule has 0 amide bonds. The third kappa shape index (κ3) is 10.4. The number of likely N-dealkylation sites (tertiary alicyclic amines) is 1. The van der Waals surface area contributed by atoms with Crippen LogP contribution in [0, 0.1) is 5.92 Å². The average Bonchev–Trinajstić information content (AvgIpc) is 2.49. The van der Waals surface area contributed by atoms with Gasteiger partial charge in [-0.1, -0.05) is 13.8 Å². The van der Waals surface area contributed by atoms with Crippen LogP contribution in [0.5, 0.6) is 0 Å². The van der Waals surface area contributed by atoms with Crippen molar-refractivity contribution in [3.8, 4) is 0 Å². The van der Waals surface area contributed by atoms with Gasteiger partial charge < -0.3 is 20.3 Å². The average molecular weight is 440 g/mol. The number of halogens is 1. The number of nitrogens with zero attached hydrogens (tertiary/aromatic N) is 2. The summed E-state index contributed by atoms with van der Waals surface area (Å²) >= 11 is 0. The Balaban J connectivity index is 0.00000484. The largest absolute Gasteiger partial charge is 0.381 e. The number of guanidine groups is 1. The highest BCUT2D eigenvalue weighted by Crippen LogP contribution is 2.12. The van der Waals surface area contributed by atoms with Crippen LogP contribution in [0.1, 0.15) is 47.0 Å². The van der Waals surface area contributed by atoms with Crippen molar-refractivity contribution in [1.82, 2.24) is 15.5 Å². The Morgan fingerprint density at radius 2 is 1.87 bits per heavy atom. The van der Waals surface area contributed by atoms with E-state index in [9.17, 15) is 0 Å². The van der Waals surface area contributed by atoms with Crippen LogP contribution in [0.3, 0.4) is 0 Å². The van der Waals surface area contributed by atoms with Crippen LogP contribution in [-0.4, -0.2) is 62.8 Å². The van der Waals surface area contributed by atoms with E-state index in [-0.39, 0.29) is 24.0 Å². The van der Waals surface area contributed by atoms with Gasteiger partial charge >= 0.3 is 0 Å². The van der Waals surface area contributed by atoms with Crippen molar-refractivity contribution in [1.29, 1.82) is 0 Å². The molecule has 0 aliphatic carbocycles. The zero-order valence-corrected chi connectivity index (χ0v) is 17.9. The molecule has 1 aliphatic rings. The molecule has 23 heavy (non-hydrogen) atoms. The maximum Gasteiger partial charge on any atom is 0.191 e. The highest BCUT2D eigenvalue weighted by molar-refractivity contribution is 14.0. The molecule has 1 heterocycles. The first-order chi connectivity index (χ1) is 10.5. The Morgan fingerprint density at radius 1 is 1.22 bits per heavy atom. The SMILES string of the molecule is CN=C(NCCCOCC(C)C)NC1CCN(C(C)C)CC1.I. The molecule has 0 unspecified atom stereocenters. The van der Waals surface area contributed by atoms with Gasteiger partial charge in [-0.25, -0.2) is 0 Å². The van der Waals surface area contributed by atoms with Crippen LogP contribution in [0.4, 0.5) is 0 Å². The van der Waals surface area contributed by atoms with Crippen LogP contribution < -0.4 is 10.6 Å². The van der Waals surface area contributed by atoms with Gasteiger partial charge in [0.15, 0.2) is 5.96 Å². The normalized spacial score (nSPS) is 17.4. The predicted octanol–water partition coefficient (Wildman–Crippen LogP) is 2.70. The maximum absolute atomic E-state index is 5.59. The molecular weight excluding hydrogens is 403 g/mol. The van der Waals surface area contributed by atoms with E-state index in [0.717, 1.165) is 32.1 Å². The summed E-state index contributed by atoms with van der Waals surface area (Å²) in [5.41, 5.74) is 0. The zero-order valence-electron chi connectivity index (χ0n) is 15.6. The Labute approximate surface area is 160 Å². The lowest BCUT2D eigenvalue weighted by atomic mass is 10.0. The lowest BCUT2D eigenvalue weighted by molar-refractivity contribution is 0.108. The predicted molar refractivity (Wildman–Crippen MR) is 110 cm³/mol. The first-order valence-corrected chi connectivity index (χ1v) is 8.82. The number of aliphatic imine (C=N–C) groups is 1. The Hall–Kier alpha value is -0.0800. The second-order valence-electron chi connectivity index (χ2n) is 6.87. The minimum atomic E-state index is 0. The Bertz CT molecular complexity index is 316. The molecule has 2 N–H and O–H groups in total. The molecule has 1 saturated heterocycles. The summed E-state index contributed by atoms with van der Waals surface area (Å²) in [6.07, 6.45) is 3.39. The molecule has 0 radical (unpaired) electrons. The molecule has 6 heteroatoms. The quantitative estimate of drug-likeness (QED) is 0.264. The molecule has 1 aliphatic heterocycles. The van der Waals surface area contributed by atoms with Gasteiger partial charge in [0.1, 0.15) is 0 Å². The van der Waals surface area contributed by atoms with Crippen LogP contribution >= 0.6 is 24.0 Å². The van der Waals surface area contributed by atoms with E-state index >= 15 is 0 Å². The lowest BCUT2D eigenvalue weighted by Gasteiger charge is -2.35. The number of hydrogen-bond donors (Lipinski definition) is 2. The molecule has 0 aromatic carbocycles. The van der Waals surface area contributed by atoms with Gasteiger partial charge in [-0.2, -0.15) is 0 Å². The summed E-state index contributed by atoms with van der Waals surface area (Å²) in [4.78, 5) is 6.86. The van der Waals surface area contributed by atoms with Crippen LogP contribution in [-0.2, 0) is 4.74 Å². The van der Waals surface area contributed by atoms with Gasteiger partial charge in [0.25, 0.3) is 0 Å². The van der Waals surface area contributed by atoms with Gasteiger partial charge in [-0.05, 0) is 39.0 Å². The smallest absolute Gasteiger partial charge is 0.191 e. The van der Waals surface area contributed by atoms with E-state index in [1.807, 2.05) is 7.05 Å². The lowest BCUT2D eigenvalue weighted by Crippen LogP contribution is -2.50.